The van der Waals surface area contributed by atoms with Crippen LogP contribution in [0.15, 0.2) is 21.9 Å². The molecule has 0 N–H and O–H groups in total. The second kappa shape index (κ2) is 3.96. The molecule has 66 valence electrons. The minimum atomic E-state index is 0.695. The third-order valence-electron chi connectivity index (χ3n) is 1.52. The molecule has 0 aliphatic heterocycles. The molecular weight excluding hydrogens is 192 g/mol. The molecule has 0 heterocycles. The number of thiol groups is 2. The summed E-state index contributed by atoms with van der Waals surface area (Å²) < 4.78 is 10.1. The van der Waals surface area contributed by atoms with Gasteiger partial charge in [-0.1, -0.05) is 0 Å². The Bertz CT molecular complexity index is 258. The average molecular weight is 202 g/mol. The van der Waals surface area contributed by atoms with E-state index in [1.165, 1.54) is 0 Å². The third kappa shape index (κ3) is 1.64. The molecule has 2 nitrogen and oxygen atoms in total. The summed E-state index contributed by atoms with van der Waals surface area (Å²) in [6.45, 7) is 0. The van der Waals surface area contributed by atoms with Crippen LogP contribution in [0.25, 0.3) is 0 Å². The molecule has 0 amide bonds. The van der Waals surface area contributed by atoms with Crippen LogP contribution in [0.3, 0.4) is 0 Å². The van der Waals surface area contributed by atoms with E-state index in [1.54, 1.807) is 26.4 Å². The van der Waals surface area contributed by atoms with E-state index in [0.717, 1.165) is 0 Å². The maximum Gasteiger partial charge on any atom is 0.133 e. The van der Waals surface area contributed by atoms with Gasteiger partial charge in [0, 0.05) is 0 Å². The number of ether oxygens (including phenoxy) is 2. The molecular formula is C8H10O2S2. The summed E-state index contributed by atoms with van der Waals surface area (Å²) >= 11 is 8.47. The highest BCUT2D eigenvalue weighted by molar-refractivity contribution is 7.83. The molecule has 4 heteroatoms. The summed E-state index contributed by atoms with van der Waals surface area (Å²) in [4.78, 5) is 1.39. The van der Waals surface area contributed by atoms with Gasteiger partial charge < -0.3 is 9.47 Å². The third-order valence-corrected chi connectivity index (χ3v) is 2.58. The fraction of sp³-hybridized carbons (Fsp3) is 0.250. The summed E-state index contributed by atoms with van der Waals surface area (Å²) in [5.74, 6) is 1.40. The Kier molecular flexibility index (Phi) is 3.17. The van der Waals surface area contributed by atoms with E-state index in [1.807, 2.05) is 0 Å². The molecule has 0 aliphatic rings. The van der Waals surface area contributed by atoms with Crippen LogP contribution in [-0.2, 0) is 0 Å². The van der Waals surface area contributed by atoms with Gasteiger partial charge in [0.05, 0.1) is 24.0 Å². The van der Waals surface area contributed by atoms with E-state index in [9.17, 15) is 0 Å². The molecule has 0 saturated carbocycles. The van der Waals surface area contributed by atoms with Gasteiger partial charge >= 0.3 is 0 Å². The van der Waals surface area contributed by atoms with Gasteiger partial charge in [-0.15, -0.1) is 25.3 Å². The summed E-state index contributed by atoms with van der Waals surface area (Å²) in [7, 11) is 3.18. The average Bonchev–Trinajstić information content (AvgIpc) is 2.10. The Morgan fingerprint density at radius 3 is 1.50 bits per heavy atom. The predicted molar refractivity (Wildman–Crippen MR) is 54.1 cm³/mol. The topological polar surface area (TPSA) is 18.5 Å². The Morgan fingerprint density at radius 2 is 1.25 bits per heavy atom. The zero-order valence-corrected chi connectivity index (χ0v) is 8.65. The smallest absolute Gasteiger partial charge is 0.133 e. The van der Waals surface area contributed by atoms with Crippen molar-refractivity contribution in [1.29, 1.82) is 0 Å². The monoisotopic (exact) mass is 202 g/mol. The van der Waals surface area contributed by atoms with Gasteiger partial charge in [0.2, 0.25) is 0 Å². The van der Waals surface area contributed by atoms with Crippen molar-refractivity contribution in [2.45, 2.75) is 9.79 Å². The molecule has 0 unspecified atom stereocenters. The summed E-state index contributed by atoms with van der Waals surface area (Å²) in [5.41, 5.74) is 0. The number of rotatable bonds is 2. The van der Waals surface area contributed by atoms with Crippen molar-refractivity contribution in [1.82, 2.24) is 0 Å². The van der Waals surface area contributed by atoms with Crippen molar-refractivity contribution in [3.05, 3.63) is 12.1 Å². The van der Waals surface area contributed by atoms with Crippen molar-refractivity contribution >= 4 is 25.3 Å². The van der Waals surface area contributed by atoms with E-state index in [2.05, 4.69) is 25.3 Å². The molecule has 12 heavy (non-hydrogen) atoms. The first-order valence-electron chi connectivity index (χ1n) is 3.33. The quantitative estimate of drug-likeness (QED) is 0.717. The zero-order valence-electron chi connectivity index (χ0n) is 6.87. The maximum absolute atomic E-state index is 5.04. The second-order valence-electron chi connectivity index (χ2n) is 2.17. The summed E-state index contributed by atoms with van der Waals surface area (Å²) in [5, 5.41) is 0. The number of hydrogen-bond donors (Lipinski definition) is 2. The van der Waals surface area contributed by atoms with E-state index >= 15 is 0 Å². The fourth-order valence-corrected chi connectivity index (χ4v) is 1.42. The van der Waals surface area contributed by atoms with Crippen LogP contribution in [-0.4, -0.2) is 14.2 Å². The van der Waals surface area contributed by atoms with Crippen LogP contribution in [0.2, 0.25) is 0 Å². The highest BCUT2D eigenvalue weighted by Crippen LogP contribution is 2.35. The van der Waals surface area contributed by atoms with Crippen LogP contribution >= 0.6 is 25.3 Å². The van der Waals surface area contributed by atoms with Crippen molar-refractivity contribution in [2.75, 3.05) is 14.2 Å². The number of benzene rings is 1. The van der Waals surface area contributed by atoms with Gasteiger partial charge in [0.25, 0.3) is 0 Å². The first-order valence-corrected chi connectivity index (χ1v) is 4.23. The predicted octanol–water partition coefficient (Wildman–Crippen LogP) is 2.28. The van der Waals surface area contributed by atoms with Crippen LogP contribution < -0.4 is 9.47 Å². The molecule has 0 aromatic heterocycles. The van der Waals surface area contributed by atoms with Crippen LogP contribution in [0.1, 0.15) is 0 Å². The van der Waals surface area contributed by atoms with Gasteiger partial charge in [0.15, 0.2) is 0 Å². The lowest BCUT2D eigenvalue weighted by atomic mass is 10.3. The van der Waals surface area contributed by atoms with Crippen LogP contribution in [0, 0.1) is 0 Å². The van der Waals surface area contributed by atoms with E-state index in [-0.39, 0.29) is 0 Å². The van der Waals surface area contributed by atoms with E-state index < -0.39 is 0 Å². The lowest BCUT2D eigenvalue weighted by molar-refractivity contribution is 0.384. The molecule has 0 fully saturated rings. The van der Waals surface area contributed by atoms with Gasteiger partial charge in [-0.2, -0.15) is 0 Å². The van der Waals surface area contributed by atoms with Crippen molar-refractivity contribution in [3.8, 4) is 11.5 Å². The Hall–Kier alpha value is -0.480. The Labute approximate surface area is 82.7 Å². The molecule has 1 rings (SSSR count). The highest BCUT2D eigenvalue weighted by Gasteiger charge is 2.07. The largest absolute Gasteiger partial charge is 0.496 e. The molecule has 0 aliphatic carbocycles. The molecule has 0 radical (unpaired) electrons. The summed E-state index contributed by atoms with van der Waals surface area (Å²) in [6, 6.07) is 3.59. The van der Waals surface area contributed by atoms with Crippen LogP contribution in [0.4, 0.5) is 0 Å². The second-order valence-corrected chi connectivity index (χ2v) is 3.06. The van der Waals surface area contributed by atoms with Gasteiger partial charge in [-0.25, -0.2) is 0 Å². The number of hydrogen-bond acceptors (Lipinski definition) is 4. The lowest BCUT2D eigenvalue weighted by Gasteiger charge is -2.09. The highest BCUT2D eigenvalue weighted by atomic mass is 32.1. The normalized spacial score (nSPS) is 9.67. The van der Waals surface area contributed by atoms with Crippen LogP contribution in [0.5, 0.6) is 11.5 Å². The molecule has 0 atom stereocenters. The van der Waals surface area contributed by atoms with Gasteiger partial charge in [-0.05, 0) is 12.1 Å². The summed E-state index contributed by atoms with van der Waals surface area (Å²) in [6.07, 6.45) is 0. The minimum absolute atomic E-state index is 0.695. The van der Waals surface area contributed by atoms with E-state index in [4.69, 9.17) is 9.47 Å². The van der Waals surface area contributed by atoms with Gasteiger partial charge in [0.1, 0.15) is 11.5 Å². The minimum Gasteiger partial charge on any atom is -0.496 e. The maximum atomic E-state index is 5.04. The SMILES string of the molecule is COc1ccc(OC)c(S)c1S. The lowest BCUT2D eigenvalue weighted by Crippen LogP contribution is -1.89. The molecule has 1 aromatic carbocycles. The molecule has 1 aromatic rings. The zero-order chi connectivity index (χ0) is 9.14. The van der Waals surface area contributed by atoms with Crippen molar-refractivity contribution in [3.63, 3.8) is 0 Å². The van der Waals surface area contributed by atoms with Gasteiger partial charge in [-0.3, -0.25) is 0 Å². The van der Waals surface area contributed by atoms with E-state index in [0.29, 0.717) is 21.3 Å². The standard InChI is InChI=1S/C8H10O2S2/c1-9-5-3-4-6(10-2)8(12)7(5)11/h3-4,11-12H,1-2H3. The Balaban J connectivity index is 3.20. The number of methoxy groups -OCH3 is 2. The van der Waals surface area contributed by atoms with Crippen molar-refractivity contribution < 1.29 is 9.47 Å². The van der Waals surface area contributed by atoms with Crippen molar-refractivity contribution in [2.24, 2.45) is 0 Å². The fourth-order valence-electron chi connectivity index (χ4n) is 0.872. The molecule has 0 spiro atoms. The Morgan fingerprint density at radius 1 is 0.917 bits per heavy atom. The first kappa shape index (κ1) is 9.61. The molecule has 0 saturated heterocycles. The molecule has 0 bridgehead atoms. The first-order chi connectivity index (χ1) is 5.70.